The molecule has 6 nitrogen and oxygen atoms in total. The van der Waals surface area contributed by atoms with Gasteiger partial charge < -0.3 is 15.3 Å². The van der Waals surface area contributed by atoms with Crippen LogP contribution < -0.4 is 5.32 Å². The molecule has 20 heavy (non-hydrogen) atoms. The minimum Gasteiger partial charge on any atom is -0.480 e. The number of carboxylic acid groups (broad SMARTS) is 1. The van der Waals surface area contributed by atoms with E-state index in [1.807, 2.05) is 4.90 Å². The molecule has 1 unspecified atom stereocenters. The molecule has 1 aliphatic carbocycles. The van der Waals surface area contributed by atoms with E-state index in [0.29, 0.717) is 13.0 Å². The van der Waals surface area contributed by atoms with Crippen LogP contribution in [0.3, 0.4) is 0 Å². The lowest BCUT2D eigenvalue weighted by Crippen LogP contribution is -2.44. The van der Waals surface area contributed by atoms with Gasteiger partial charge in [-0.1, -0.05) is 19.8 Å². The van der Waals surface area contributed by atoms with Gasteiger partial charge in [0.25, 0.3) is 0 Å². The van der Waals surface area contributed by atoms with E-state index in [2.05, 4.69) is 5.32 Å². The first-order valence-electron chi connectivity index (χ1n) is 7.35. The summed E-state index contributed by atoms with van der Waals surface area (Å²) in [4.78, 5) is 36.8. The van der Waals surface area contributed by atoms with Crippen LogP contribution in [0, 0.1) is 5.92 Å². The van der Waals surface area contributed by atoms with Gasteiger partial charge in [0, 0.05) is 19.0 Å². The predicted octanol–water partition coefficient (Wildman–Crippen LogP) is 0.757. The Kier molecular flexibility index (Phi) is 4.62. The van der Waals surface area contributed by atoms with Crippen molar-refractivity contribution in [1.29, 1.82) is 0 Å². The third-order valence-electron chi connectivity index (χ3n) is 4.32. The Labute approximate surface area is 118 Å². The quantitative estimate of drug-likeness (QED) is 0.779. The van der Waals surface area contributed by atoms with E-state index in [1.54, 1.807) is 6.92 Å². The van der Waals surface area contributed by atoms with Crippen LogP contribution in [0.5, 0.6) is 0 Å². The maximum Gasteiger partial charge on any atom is 0.326 e. The number of likely N-dealkylation sites (tertiary alicyclic amines) is 1. The van der Waals surface area contributed by atoms with Crippen molar-refractivity contribution in [3.63, 3.8) is 0 Å². The zero-order valence-corrected chi connectivity index (χ0v) is 11.8. The SMILES string of the molecule is CC[C@@H](NC(=O)C1CC(=O)N(C2CCCC2)C1)C(=O)O. The van der Waals surface area contributed by atoms with Crippen LogP contribution in [-0.2, 0) is 14.4 Å². The highest BCUT2D eigenvalue weighted by molar-refractivity contribution is 5.91. The average Bonchev–Trinajstić information content (AvgIpc) is 3.03. The van der Waals surface area contributed by atoms with Crippen LogP contribution in [0.4, 0.5) is 0 Å². The van der Waals surface area contributed by atoms with E-state index in [9.17, 15) is 14.4 Å². The fourth-order valence-electron chi connectivity index (χ4n) is 3.10. The van der Waals surface area contributed by atoms with Crippen molar-refractivity contribution >= 4 is 17.8 Å². The Morgan fingerprint density at radius 3 is 2.60 bits per heavy atom. The molecule has 2 N–H and O–H groups in total. The second-order valence-corrected chi connectivity index (χ2v) is 5.69. The first-order valence-corrected chi connectivity index (χ1v) is 7.35. The smallest absolute Gasteiger partial charge is 0.326 e. The van der Waals surface area contributed by atoms with Crippen molar-refractivity contribution in [3.05, 3.63) is 0 Å². The first-order chi connectivity index (χ1) is 9.52. The van der Waals surface area contributed by atoms with Gasteiger partial charge in [-0.25, -0.2) is 4.79 Å². The van der Waals surface area contributed by atoms with Crippen LogP contribution in [-0.4, -0.2) is 46.4 Å². The fraction of sp³-hybridized carbons (Fsp3) is 0.786. The maximum atomic E-state index is 12.1. The van der Waals surface area contributed by atoms with Gasteiger partial charge >= 0.3 is 5.97 Å². The highest BCUT2D eigenvalue weighted by Gasteiger charge is 2.39. The van der Waals surface area contributed by atoms with E-state index in [0.717, 1.165) is 25.7 Å². The van der Waals surface area contributed by atoms with Gasteiger partial charge in [-0.2, -0.15) is 0 Å². The first kappa shape index (κ1) is 14.8. The zero-order valence-electron chi connectivity index (χ0n) is 11.8. The summed E-state index contributed by atoms with van der Waals surface area (Å²) in [7, 11) is 0. The van der Waals surface area contributed by atoms with Gasteiger partial charge in [-0.3, -0.25) is 9.59 Å². The summed E-state index contributed by atoms with van der Waals surface area (Å²) in [6.07, 6.45) is 4.87. The molecule has 6 heteroatoms. The summed E-state index contributed by atoms with van der Waals surface area (Å²) in [5.74, 6) is -1.72. The summed E-state index contributed by atoms with van der Waals surface area (Å²) in [5, 5.41) is 11.5. The van der Waals surface area contributed by atoms with Gasteiger partial charge in [0.1, 0.15) is 6.04 Å². The number of nitrogens with one attached hydrogen (secondary N) is 1. The zero-order chi connectivity index (χ0) is 14.7. The van der Waals surface area contributed by atoms with Gasteiger partial charge in [-0.15, -0.1) is 0 Å². The Bertz CT molecular complexity index is 404. The van der Waals surface area contributed by atoms with Crippen molar-refractivity contribution in [3.8, 4) is 0 Å². The summed E-state index contributed by atoms with van der Waals surface area (Å²) in [5.41, 5.74) is 0. The van der Waals surface area contributed by atoms with Crippen molar-refractivity contribution < 1.29 is 19.5 Å². The Hall–Kier alpha value is -1.59. The normalized spacial score (nSPS) is 24.9. The molecule has 2 rings (SSSR count). The highest BCUT2D eigenvalue weighted by atomic mass is 16.4. The average molecular weight is 282 g/mol. The van der Waals surface area contributed by atoms with Crippen molar-refractivity contribution in [2.75, 3.05) is 6.54 Å². The summed E-state index contributed by atoms with van der Waals surface area (Å²) < 4.78 is 0. The summed E-state index contributed by atoms with van der Waals surface area (Å²) >= 11 is 0. The van der Waals surface area contributed by atoms with E-state index < -0.39 is 17.9 Å². The third-order valence-corrected chi connectivity index (χ3v) is 4.32. The predicted molar refractivity (Wildman–Crippen MR) is 71.9 cm³/mol. The molecular formula is C14H22N2O4. The Morgan fingerprint density at radius 2 is 2.05 bits per heavy atom. The molecule has 0 bridgehead atoms. The van der Waals surface area contributed by atoms with E-state index >= 15 is 0 Å². The number of carbonyl (C=O) groups excluding carboxylic acids is 2. The number of rotatable bonds is 5. The molecule has 0 aromatic carbocycles. The second-order valence-electron chi connectivity index (χ2n) is 5.69. The number of carboxylic acids is 1. The number of amides is 2. The monoisotopic (exact) mass is 282 g/mol. The van der Waals surface area contributed by atoms with Crippen molar-refractivity contribution in [2.45, 2.75) is 57.5 Å². The van der Waals surface area contributed by atoms with Gasteiger partial charge in [0.15, 0.2) is 0 Å². The molecule has 1 saturated heterocycles. The van der Waals surface area contributed by atoms with Gasteiger partial charge in [0.05, 0.1) is 5.92 Å². The lowest BCUT2D eigenvalue weighted by molar-refractivity contribution is -0.142. The van der Waals surface area contributed by atoms with Gasteiger partial charge in [-0.05, 0) is 19.3 Å². The maximum absolute atomic E-state index is 12.1. The minimum absolute atomic E-state index is 0.0282. The molecule has 0 spiro atoms. The largest absolute Gasteiger partial charge is 0.480 e. The number of nitrogens with zero attached hydrogens (tertiary/aromatic N) is 1. The second kappa shape index (κ2) is 6.24. The standard InChI is InChI=1S/C14H22N2O4/c1-2-11(14(19)20)15-13(18)9-7-12(17)16(8-9)10-5-3-4-6-10/h9-11H,2-8H2,1H3,(H,15,18)(H,19,20)/t9?,11-/m1/s1. The number of hydrogen-bond acceptors (Lipinski definition) is 3. The highest BCUT2D eigenvalue weighted by Crippen LogP contribution is 2.29. The topological polar surface area (TPSA) is 86.7 Å². The van der Waals surface area contributed by atoms with Crippen LogP contribution >= 0.6 is 0 Å². The molecular weight excluding hydrogens is 260 g/mol. The summed E-state index contributed by atoms with van der Waals surface area (Å²) in [6, 6.07) is -0.583. The van der Waals surface area contributed by atoms with Crippen LogP contribution in [0.2, 0.25) is 0 Å². The molecule has 1 aliphatic heterocycles. The molecule has 1 heterocycles. The van der Waals surface area contributed by atoms with Crippen LogP contribution in [0.1, 0.15) is 45.4 Å². The summed E-state index contributed by atoms with van der Waals surface area (Å²) in [6.45, 7) is 2.15. The van der Waals surface area contributed by atoms with E-state index in [4.69, 9.17) is 5.11 Å². The molecule has 2 atom stereocenters. The number of hydrogen-bond donors (Lipinski definition) is 2. The Balaban J connectivity index is 1.92. The van der Waals surface area contributed by atoms with E-state index in [-0.39, 0.29) is 24.3 Å². The van der Waals surface area contributed by atoms with Gasteiger partial charge in [0.2, 0.25) is 11.8 Å². The lowest BCUT2D eigenvalue weighted by atomic mass is 10.1. The molecule has 2 amide bonds. The van der Waals surface area contributed by atoms with Crippen LogP contribution in [0.15, 0.2) is 0 Å². The molecule has 0 aromatic heterocycles. The third kappa shape index (κ3) is 3.11. The van der Waals surface area contributed by atoms with Crippen molar-refractivity contribution in [1.82, 2.24) is 10.2 Å². The molecule has 0 radical (unpaired) electrons. The number of carbonyl (C=O) groups is 3. The van der Waals surface area contributed by atoms with Crippen molar-refractivity contribution in [2.24, 2.45) is 5.92 Å². The molecule has 1 saturated carbocycles. The molecule has 2 aliphatic rings. The molecule has 112 valence electrons. The minimum atomic E-state index is -1.03. The molecule has 0 aromatic rings. The fourth-order valence-corrected chi connectivity index (χ4v) is 3.10. The lowest BCUT2D eigenvalue weighted by Gasteiger charge is -2.24. The number of aliphatic carboxylic acids is 1. The molecule has 2 fully saturated rings. The van der Waals surface area contributed by atoms with E-state index in [1.165, 1.54) is 0 Å². The van der Waals surface area contributed by atoms with Crippen LogP contribution in [0.25, 0.3) is 0 Å². The Morgan fingerprint density at radius 1 is 1.40 bits per heavy atom.